The maximum Gasteiger partial charge on any atom is 0.260 e. The largest absolute Gasteiger partial charge is 0.491 e. The van der Waals surface area contributed by atoms with Crippen LogP contribution in [0.5, 0.6) is 17.2 Å². The number of carbonyl (C=O) groups is 2. The topological polar surface area (TPSA) is 119 Å². The van der Waals surface area contributed by atoms with Crippen molar-refractivity contribution in [3.8, 4) is 17.2 Å². The van der Waals surface area contributed by atoms with Gasteiger partial charge in [0.25, 0.3) is 5.91 Å². The van der Waals surface area contributed by atoms with Crippen molar-refractivity contribution in [2.24, 2.45) is 0 Å². The molecule has 2 amide bonds. The molecule has 0 saturated heterocycles. The van der Waals surface area contributed by atoms with Crippen LogP contribution in [0.3, 0.4) is 0 Å². The minimum Gasteiger partial charge on any atom is -0.491 e. The van der Waals surface area contributed by atoms with Gasteiger partial charge in [-0.1, -0.05) is 12.1 Å². The summed E-state index contributed by atoms with van der Waals surface area (Å²) in [5.41, 5.74) is 0.344. The molecule has 0 radical (unpaired) electrons. The average Bonchev–Trinajstić information content (AvgIpc) is 3.45. The lowest BCUT2D eigenvalue weighted by molar-refractivity contribution is -0.121. The van der Waals surface area contributed by atoms with Crippen molar-refractivity contribution in [2.75, 3.05) is 25.3 Å². The van der Waals surface area contributed by atoms with E-state index in [-0.39, 0.29) is 43.0 Å². The van der Waals surface area contributed by atoms with E-state index in [0.717, 1.165) is 11.3 Å². The van der Waals surface area contributed by atoms with Crippen molar-refractivity contribution in [1.29, 1.82) is 0 Å². The number of thiazole rings is 1. The third-order valence-electron chi connectivity index (χ3n) is 4.55. The number of rotatable bonds is 9. The van der Waals surface area contributed by atoms with E-state index in [1.807, 2.05) is 0 Å². The van der Waals surface area contributed by atoms with E-state index in [0.29, 0.717) is 22.9 Å². The fourth-order valence-corrected chi connectivity index (χ4v) is 3.64. The monoisotopic (exact) mass is 473 g/mol. The molecule has 9 nitrogen and oxygen atoms in total. The van der Waals surface area contributed by atoms with Crippen LogP contribution < -0.4 is 24.8 Å². The van der Waals surface area contributed by atoms with E-state index in [1.165, 1.54) is 18.2 Å². The number of aromatic nitrogens is 1. The van der Waals surface area contributed by atoms with Crippen LogP contribution in [0.1, 0.15) is 16.1 Å². The van der Waals surface area contributed by atoms with Crippen LogP contribution >= 0.6 is 11.3 Å². The highest BCUT2D eigenvalue weighted by Crippen LogP contribution is 2.35. The molecule has 3 N–H and O–H groups in total. The highest BCUT2D eigenvalue weighted by molar-refractivity contribution is 7.14. The normalized spacial score (nSPS) is 12.8. The molecule has 1 aliphatic rings. The molecule has 1 aliphatic heterocycles. The fourth-order valence-electron chi connectivity index (χ4n) is 2.93. The maximum atomic E-state index is 13.7. The molecule has 0 spiro atoms. The van der Waals surface area contributed by atoms with Gasteiger partial charge in [0.1, 0.15) is 24.3 Å². The molecule has 0 saturated carbocycles. The predicted octanol–water partition coefficient (Wildman–Crippen LogP) is 2.36. The van der Waals surface area contributed by atoms with Crippen LogP contribution in [-0.4, -0.2) is 48.0 Å². The van der Waals surface area contributed by atoms with Gasteiger partial charge in [-0.2, -0.15) is 0 Å². The van der Waals surface area contributed by atoms with Crippen molar-refractivity contribution in [1.82, 2.24) is 10.3 Å². The molecule has 3 aromatic rings. The van der Waals surface area contributed by atoms with Gasteiger partial charge in [0.2, 0.25) is 12.7 Å². The number of nitrogens with one attached hydrogen (secondary N) is 2. The van der Waals surface area contributed by atoms with Gasteiger partial charge in [-0.3, -0.25) is 14.9 Å². The van der Waals surface area contributed by atoms with E-state index in [2.05, 4.69) is 15.6 Å². The number of benzene rings is 2. The molecule has 4 rings (SSSR count). The van der Waals surface area contributed by atoms with Crippen LogP contribution in [0.15, 0.2) is 47.8 Å². The smallest absolute Gasteiger partial charge is 0.260 e. The summed E-state index contributed by atoms with van der Waals surface area (Å²) in [5, 5.41) is 17.1. The number of aliphatic hydroxyl groups is 1. The first-order chi connectivity index (χ1) is 16.0. The summed E-state index contributed by atoms with van der Waals surface area (Å²) in [6.07, 6.45) is -0.965. The SMILES string of the molecule is O=C(Cc1csc(NC(=O)c2ccccc2F)n1)NCC(O)COc1ccc2c(c1)OCO2. The number of ether oxygens (including phenoxy) is 3. The number of aliphatic hydroxyl groups excluding tert-OH is 1. The molecule has 172 valence electrons. The molecular formula is C22H20FN3O6S. The summed E-state index contributed by atoms with van der Waals surface area (Å²) in [4.78, 5) is 28.5. The van der Waals surface area contributed by atoms with Crippen LogP contribution in [0.25, 0.3) is 0 Å². The van der Waals surface area contributed by atoms with Crippen LogP contribution in [0.4, 0.5) is 9.52 Å². The molecule has 1 aromatic heterocycles. The summed E-state index contributed by atoms with van der Waals surface area (Å²) in [7, 11) is 0. The lowest BCUT2D eigenvalue weighted by Gasteiger charge is -2.13. The summed E-state index contributed by atoms with van der Waals surface area (Å²) in [6, 6.07) is 10.7. The third kappa shape index (κ3) is 5.96. The molecule has 0 bridgehead atoms. The number of hydrogen-bond acceptors (Lipinski definition) is 8. The molecule has 1 atom stereocenters. The van der Waals surface area contributed by atoms with Crippen molar-refractivity contribution >= 4 is 28.3 Å². The summed E-state index contributed by atoms with van der Waals surface area (Å²) in [5.74, 6) is 0.109. The summed E-state index contributed by atoms with van der Waals surface area (Å²) >= 11 is 1.12. The van der Waals surface area contributed by atoms with Gasteiger partial charge in [0, 0.05) is 18.0 Å². The Kier molecular flexibility index (Phi) is 7.01. The molecule has 0 aliphatic carbocycles. The third-order valence-corrected chi connectivity index (χ3v) is 5.36. The number of halogens is 1. The lowest BCUT2D eigenvalue weighted by Crippen LogP contribution is -2.36. The fraction of sp³-hybridized carbons (Fsp3) is 0.227. The molecule has 33 heavy (non-hydrogen) atoms. The molecule has 2 aromatic carbocycles. The van der Waals surface area contributed by atoms with Gasteiger partial charge >= 0.3 is 0 Å². The number of hydrogen-bond donors (Lipinski definition) is 3. The van der Waals surface area contributed by atoms with Crippen molar-refractivity contribution in [3.05, 3.63) is 64.9 Å². The van der Waals surface area contributed by atoms with E-state index < -0.39 is 17.8 Å². The van der Waals surface area contributed by atoms with Crippen LogP contribution in [0, 0.1) is 5.82 Å². The Balaban J connectivity index is 1.19. The summed E-state index contributed by atoms with van der Waals surface area (Å²) < 4.78 is 29.7. The second-order valence-corrected chi connectivity index (χ2v) is 7.90. The highest BCUT2D eigenvalue weighted by Gasteiger charge is 2.16. The second-order valence-electron chi connectivity index (χ2n) is 7.04. The first-order valence-corrected chi connectivity index (χ1v) is 10.8. The van der Waals surface area contributed by atoms with E-state index >= 15 is 0 Å². The number of amides is 2. The molecule has 0 fully saturated rings. The Morgan fingerprint density at radius 2 is 2.03 bits per heavy atom. The van der Waals surface area contributed by atoms with Crippen molar-refractivity contribution in [3.63, 3.8) is 0 Å². The van der Waals surface area contributed by atoms with Gasteiger partial charge in [-0.25, -0.2) is 9.37 Å². The van der Waals surface area contributed by atoms with Gasteiger partial charge < -0.3 is 24.6 Å². The van der Waals surface area contributed by atoms with Gasteiger partial charge in [0.05, 0.1) is 17.7 Å². The van der Waals surface area contributed by atoms with Crippen molar-refractivity contribution < 1.29 is 33.3 Å². The Morgan fingerprint density at radius 1 is 1.21 bits per heavy atom. The minimum absolute atomic E-state index is 0.00952. The zero-order valence-electron chi connectivity index (χ0n) is 17.2. The Labute approximate surface area is 192 Å². The van der Waals surface area contributed by atoms with Gasteiger partial charge in [0.15, 0.2) is 16.6 Å². The molecular weight excluding hydrogens is 453 g/mol. The zero-order valence-corrected chi connectivity index (χ0v) is 18.1. The van der Waals surface area contributed by atoms with Crippen LogP contribution in [0.2, 0.25) is 0 Å². The number of carbonyl (C=O) groups excluding carboxylic acids is 2. The van der Waals surface area contributed by atoms with Gasteiger partial charge in [-0.05, 0) is 24.3 Å². The molecule has 1 unspecified atom stereocenters. The molecule has 11 heteroatoms. The molecule has 2 heterocycles. The van der Waals surface area contributed by atoms with E-state index in [9.17, 15) is 19.1 Å². The van der Waals surface area contributed by atoms with Gasteiger partial charge in [-0.15, -0.1) is 11.3 Å². The standard InChI is InChI=1S/C22H20FN3O6S/c23-17-4-2-1-3-16(17)21(29)26-22-25-13(11-33-22)7-20(28)24-9-14(27)10-30-15-5-6-18-19(8-15)32-12-31-18/h1-6,8,11,14,27H,7,9-10,12H2,(H,24,28)(H,25,26,29). The quantitative estimate of drug-likeness (QED) is 0.437. The lowest BCUT2D eigenvalue weighted by atomic mass is 10.2. The second kappa shape index (κ2) is 10.3. The number of anilines is 1. The Bertz CT molecular complexity index is 1150. The zero-order chi connectivity index (χ0) is 23.2. The van der Waals surface area contributed by atoms with E-state index in [1.54, 1.807) is 29.6 Å². The first-order valence-electron chi connectivity index (χ1n) is 9.95. The number of fused-ring (bicyclic) bond motifs is 1. The summed E-state index contributed by atoms with van der Waals surface area (Å²) in [6.45, 7) is 0.124. The maximum absolute atomic E-state index is 13.7. The predicted molar refractivity (Wildman–Crippen MR) is 117 cm³/mol. The Hall–Kier alpha value is -3.70. The van der Waals surface area contributed by atoms with Crippen LogP contribution in [-0.2, 0) is 11.2 Å². The highest BCUT2D eigenvalue weighted by atomic mass is 32.1. The Morgan fingerprint density at radius 3 is 2.88 bits per heavy atom. The van der Waals surface area contributed by atoms with E-state index in [4.69, 9.17) is 14.2 Å². The average molecular weight is 473 g/mol. The van der Waals surface area contributed by atoms with Crippen molar-refractivity contribution in [2.45, 2.75) is 12.5 Å². The first kappa shape index (κ1) is 22.5. The number of nitrogens with zero attached hydrogens (tertiary/aromatic N) is 1. The minimum atomic E-state index is -0.926.